The van der Waals surface area contributed by atoms with Gasteiger partial charge in [-0.25, -0.2) is 0 Å². The van der Waals surface area contributed by atoms with Crippen molar-refractivity contribution in [2.45, 2.75) is 392 Å². The molecule has 0 aromatic rings. The first-order chi connectivity index (χ1) is 54.2. The molecule has 678 valence electrons. The Bertz CT molecular complexity index is 2840. The minimum atomic E-state index is -1.13. The number of rotatable bonds is 42. The zero-order chi connectivity index (χ0) is 85.3. The third kappa shape index (κ3) is 36.4. The number of aliphatic hydroxyl groups excluding tert-OH is 2. The van der Waals surface area contributed by atoms with Crippen molar-refractivity contribution in [3.05, 3.63) is 0 Å². The van der Waals surface area contributed by atoms with Crippen LogP contribution in [-0.2, 0) is 133 Å². The van der Waals surface area contributed by atoms with Gasteiger partial charge in [0.05, 0.1) is 91.9 Å². The van der Waals surface area contributed by atoms with Crippen molar-refractivity contribution in [1.29, 1.82) is 0 Å². The monoisotopic (exact) mass is 1670 g/mol. The number of unbranched alkanes of at least 4 members (excludes halogenated alkanes) is 8. The SMILES string of the molecule is C.CCCCCCCCNC(=O)CCC1(CCC(C)=O)OC[C@H]([C@@H]2OC(C)(C)O[C@@H]2[C@@H]2COC(C)(C)O2)O1.CCOC(=O)CCC1(CCC(=O)OCC)OC[C@H]([C@@H]2OC(C)(C)O[C@@H]2[C@@H]2COC(C)(C)O2)O1.COCCOC(=O)CCC1(CCC(C)=O)OC[C@H]([C@@H]2OC(C)(C)O[C@@H]2[C@@H]2COC(C)(C)O2)O1.NCCCCCCN.OCCO. The highest BCUT2D eigenvalue weighted by Crippen LogP contribution is 2.47. The van der Waals surface area contributed by atoms with Gasteiger partial charge in [0.1, 0.15) is 91.4 Å². The lowest BCUT2D eigenvalue weighted by Crippen LogP contribution is -2.46. The average molecular weight is 1670 g/mol. The number of esters is 3. The maximum atomic E-state index is 12.6. The van der Waals surface area contributed by atoms with Gasteiger partial charge in [-0.1, -0.05) is 59.3 Å². The van der Waals surface area contributed by atoms with Gasteiger partial charge < -0.3 is 141 Å². The van der Waals surface area contributed by atoms with Gasteiger partial charge >= 0.3 is 17.9 Å². The molecular weight excluding hydrogens is 1520 g/mol. The molecule has 0 saturated carbocycles. The molecule has 14 atom stereocenters. The number of hydrogen-bond acceptors (Lipinski definition) is 32. The summed E-state index contributed by atoms with van der Waals surface area (Å²) >= 11 is 0. The molecule has 116 heavy (non-hydrogen) atoms. The third-order valence-electron chi connectivity index (χ3n) is 20.3. The second-order valence-corrected chi connectivity index (χ2v) is 33.2. The van der Waals surface area contributed by atoms with Crippen LogP contribution in [0.15, 0.2) is 0 Å². The zero-order valence-electron chi connectivity index (χ0n) is 72.6. The number of carbonyl (C=O) groups is 6. The molecule has 2 unspecified atom stereocenters. The van der Waals surface area contributed by atoms with Crippen LogP contribution in [0.25, 0.3) is 0 Å². The number of ketones is 2. The van der Waals surface area contributed by atoms with Gasteiger partial charge in [0.25, 0.3) is 0 Å². The molecule has 0 aliphatic carbocycles. The van der Waals surface area contributed by atoms with Gasteiger partial charge in [-0.3, -0.25) is 19.2 Å². The molecule has 33 nitrogen and oxygen atoms in total. The number of nitrogens with one attached hydrogen (secondary N) is 1. The van der Waals surface area contributed by atoms with E-state index in [0.717, 1.165) is 38.8 Å². The van der Waals surface area contributed by atoms with E-state index in [4.69, 9.17) is 126 Å². The van der Waals surface area contributed by atoms with Crippen LogP contribution in [0.3, 0.4) is 0 Å². The fraction of sp³-hybridized carbons (Fsp3) is 0.928. The summed E-state index contributed by atoms with van der Waals surface area (Å²) in [6.07, 6.45) is 9.98. The Morgan fingerprint density at radius 2 is 0.647 bits per heavy atom. The van der Waals surface area contributed by atoms with Crippen LogP contribution in [0.4, 0.5) is 0 Å². The molecule has 1 amide bonds. The Kier molecular flexibility index (Phi) is 45.3. The van der Waals surface area contributed by atoms with E-state index in [2.05, 4.69) is 12.2 Å². The molecule has 7 N–H and O–H groups in total. The number of carbonyl (C=O) groups excluding carboxylic acids is 6. The minimum absolute atomic E-state index is 0. The summed E-state index contributed by atoms with van der Waals surface area (Å²) in [6.45, 7) is 36.2. The van der Waals surface area contributed by atoms with Crippen LogP contribution >= 0.6 is 0 Å². The van der Waals surface area contributed by atoms with Crippen LogP contribution in [0.5, 0.6) is 0 Å². The average Bonchev–Trinajstić information content (AvgIpc) is 1.62. The molecule has 0 spiro atoms. The standard InChI is InChI=1S/C28H49NO8.2C23H38O10.C6H16N2.C2H6O2.CH4/c1-7-8-9-10-11-12-17-29-23(31)14-16-28(15-13-20(2)30)33-19-22(35-28)25-24(36-27(5,6)37-25)21-18-32-26(3,4)34-21;1-15(24)7-9-23(10-8-18(25)27-12-11-26-6)29-14-17(31-23)20-19(32-22(4,5)33-20)16-13-28-21(2,3)30-16;1-7-26-17(24)9-11-23(12-10-18(25)27-8-2)29-14-16(31-23)20-19(32-22(5,6)33-20)15-13-28-21(3,4)30-15;7-5-3-1-2-4-6-8;3-1-2-4;/h21-22,24-25H,7-19H2,1-6H3,(H,29,31);16-17,19-20H,7-14H2,1-6H3;15-16,19-20H,7-14H2,1-6H3;1-8H2;3-4H,1-2H2;1H4/t21-,22+,24+,25-,28?;16-,17+,19+,20-,23?;15-,16+,19+,20-;;;/m000.../s1. The van der Waals surface area contributed by atoms with Crippen molar-refractivity contribution in [2.24, 2.45) is 11.5 Å². The first kappa shape index (κ1) is 105. The summed E-state index contributed by atoms with van der Waals surface area (Å²) in [5, 5.41) is 18.3. The van der Waals surface area contributed by atoms with E-state index in [1.165, 1.54) is 52.6 Å². The molecule has 0 aromatic carbocycles. The van der Waals surface area contributed by atoms with Crippen molar-refractivity contribution in [2.75, 3.05) is 106 Å². The number of Topliss-reactive ketones (excluding diaryl/α,β-unsaturated/α-hetero) is 2. The lowest BCUT2D eigenvalue weighted by molar-refractivity contribution is -0.201. The third-order valence-corrected chi connectivity index (χ3v) is 20.3. The molecule has 9 aliphatic rings. The lowest BCUT2D eigenvalue weighted by atomic mass is 10.0. The van der Waals surface area contributed by atoms with Crippen LogP contribution in [0.2, 0.25) is 0 Å². The van der Waals surface area contributed by atoms with Gasteiger partial charge in [0.2, 0.25) is 5.91 Å². The van der Waals surface area contributed by atoms with Crippen LogP contribution in [-0.4, -0.2) is 277 Å². The van der Waals surface area contributed by atoms with Crippen molar-refractivity contribution in [3.8, 4) is 0 Å². The van der Waals surface area contributed by atoms with E-state index >= 15 is 0 Å². The topological polar surface area (TPSA) is 410 Å². The number of ether oxygens (including phenoxy) is 22. The van der Waals surface area contributed by atoms with Gasteiger partial charge in [-0.15, -0.1) is 0 Å². The molecule has 0 aromatic heterocycles. The lowest BCUT2D eigenvalue weighted by Gasteiger charge is -2.30. The highest BCUT2D eigenvalue weighted by Gasteiger charge is 2.60. The Labute approximate surface area is 690 Å². The number of amides is 1. The maximum Gasteiger partial charge on any atom is 0.306 e. The summed E-state index contributed by atoms with van der Waals surface area (Å²) < 4.78 is 130. The van der Waals surface area contributed by atoms with Gasteiger partial charge in [0.15, 0.2) is 52.1 Å². The highest BCUT2D eigenvalue weighted by molar-refractivity contribution is 5.77. The van der Waals surface area contributed by atoms with Crippen molar-refractivity contribution >= 4 is 35.4 Å². The van der Waals surface area contributed by atoms with E-state index in [1.54, 1.807) is 20.8 Å². The van der Waals surface area contributed by atoms with E-state index in [9.17, 15) is 28.8 Å². The molecule has 9 heterocycles. The van der Waals surface area contributed by atoms with E-state index in [0.29, 0.717) is 71.9 Å². The summed E-state index contributed by atoms with van der Waals surface area (Å²) in [4.78, 5) is 72.1. The smallest absolute Gasteiger partial charge is 0.306 e. The quantitative estimate of drug-likeness (QED) is 0.0216. The van der Waals surface area contributed by atoms with Crippen molar-refractivity contribution in [3.63, 3.8) is 0 Å². The maximum absolute atomic E-state index is 12.6. The summed E-state index contributed by atoms with van der Waals surface area (Å²) in [7, 11) is 1.54. The first-order valence-corrected chi connectivity index (χ1v) is 42.0. The number of nitrogens with two attached hydrogens (primary N) is 2. The summed E-state index contributed by atoms with van der Waals surface area (Å²) in [6, 6.07) is 0. The fourth-order valence-corrected chi connectivity index (χ4v) is 14.7. The van der Waals surface area contributed by atoms with Crippen molar-refractivity contribution in [1.82, 2.24) is 5.32 Å². The largest absolute Gasteiger partial charge is 0.466 e. The first-order valence-electron chi connectivity index (χ1n) is 42.0. The number of aliphatic hydroxyl groups is 2. The number of hydrogen-bond donors (Lipinski definition) is 5. The van der Waals surface area contributed by atoms with E-state index in [-0.39, 0.29) is 152 Å². The molecular formula is C83H151N3O30. The van der Waals surface area contributed by atoms with Gasteiger partial charge in [-0.05, 0) is 143 Å². The Morgan fingerprint density at radius 1 is 0.362 bits per heavy atom. The van der Waals surface area contributed by atoms with Crippen LogP contribution in [0, 0.1) is 0 Å². The Morgan fingerprint density at radius 3 is 0.931 bits per heavy atom. The Hall–Kier alpha value is -3.70. The molecule has 9 aliphatic heterocycles. The summed E-state index contributed by atoms with van der Waals surface area (Å²) in [5.74, 6) is -8.80. The van der Waals surface area contributed by atoms with E-state index in [1.807, 2.05) is 83.1 Å². The van der Waals surface area contributed by atoms with Crippen molar-refractivity contribution < 1.29 is 143 Å². The molecule has 0 bridgehead atoms. The highest BCUT2D eigenvalue weighted by atomic mass is 16.8. The molecule has 0 radical (unpaired) electrons. The van der Waals surface area contributed by atoms with Crippen LogP contribution < -0.4 is 16.8 Å². The predicted octanol–water partition coefficient (Wildman–Crippen LogP) is 9.03. The number of methoxy groups -OCH3 is 1. The normalized spacial score (nSPS) is 30.4. The second-order valence-electron chi connectivity index (χ2n) is 33.2. The van der Waals surface area contributed by atoms with Gasteiger partial charge in [0, 0.05) is 71.4 Å². The molecule has 9 saturated heterocycles. The van der Waals surface area contributed by atoms with E-state index < -0.39 is 107 Å². The molecule has 33 heteroatoms. The minimum Gasteiger partial charge on any atom is -0.466 e. The van der Waals surface area contributed by atoms with Crippen LogP contribution in [0.1, 0.15) is 266 Å². The Balaban J connectivity index is 0.000000340. The molecule has 9 rings (SSSR count). The predicted molar refractivity (Wildman–Crippen MR) is 424 cm³/mol. The fourth-order valence-electron chi connectivity index (χ4n) is 14.7. The second kappa shape index (κ2) is 50.2. The zero-order valence-corrected chi connectivity index (χ0v) is 72.6. The summed E-state index contributed by atoms with van der Waals surface area (Å²) in [5.41, 5.74) is 10.6. The molecule has 9 fully saturated rings. The van der Waals surface area contributed by atoms with Gasteiger partial charge in [-0.2, -0.15) is 0 Å².